The van der Waals surface area contributed by atoms with E-state index in [-0.39, 0.29) is 11.9 Å². The van der Waals surface area contributed by atoms with E-state index in [0.29, 0.717) is 16.3 Å². The van der Waals surface area contributed by atoms with Crippen molar-refractivity contribution in [3.63, 3.8) is 0 Å². The lowest BCUT2D eigenvalue weighted by Gasteiger charge is -2.10. The maximum atomic E-state index is 12.7. The fourth-order valence-corrected chi connectivity index (χ4v) is 3.28. The summed E-state index contributed by atoms with van der Waals surface area (Å²) >= 11 is 6.42. The minimum Gasteiger partial charge on any atom is -0.467 e. The van der Waals surface area contributed by atoms with Gasteiger partial charge >= 0.3 is 6.01 Å². The molecular formula is C24H18ClN3O2. The number of benzene rings is 3. The molecule has 30 heavy (non-hydrogen) atoms. The van der Waals surface area contributed by atoms with E-state index in [1.807, 2.05) is 42.5 Å². The number of anilines is 1. The van der Waals surface area contributed by atoms with Crippen LogP contribution in [0.15, 0.2) is 85.2 Å². The van der Waals surface area contributed by atoms with Gasteiger partial charge in [-0.3, -0.25) is 4.79 Å². The quantitative estimate of drug-likeness (QED) is 0.452. The van der Waals surface area contributed by atoms with E-state index in [1.165, 1.54) is 19.5 Å². The van der Waals surface area contributed by atoms with Crippen LogP contribution >= 0.6 is 11.6 Å². The van der Waals surface area contributed by atoms with Gasteiger partial charge in [-0.2, -0.15) is 0 Å². The van der Waals surface area contributed by atoms with Crippen LogP contribution in [0.3, 0.4) is 0 Å². The maximum Gasteiger partial charge on any atom is 0.316 e. The second-order valence-electron chi connectivity index (χ2n) is 6.55. The zero-order valence-electron chi connectivity index (χ0n) is 16.2. The molecule has 1 amide bonds. The molecule has 0 aliphatic heterocycles. The van der Waals surface area contributed by atoms with Crippen molar-refractivity contribution in [1.82, 2.24) is 9.97 Å². The SMILES string of the molecule is COc1ncc(NC(=O)c2ccc(Cl)c(-c3ccc(-c4ccccc4)cc3)c2)cn1. The standard InChI is InChI=1S/C24H18ClN3O2/c1-30-24-26-14-20(15-27-24)28-23(29)19-11-12-22(25)21(13-19)18-9-7-17(8-10-18)16-5-3-2-4-6-16/h2-15H,1H3,(H,28,29). The molecule has 0 radical (unpaired) electrons. The zero-order valence-corrected chi connectivity index (χ0v) is 16.9. The van der Waals surface area contributed by atoms with Gasteiger partial charge in [0, 0.05) is 16.1 Å². The summed E-state index contributed by atoms with van der Waals surface area (Å²) in [5.41, 5.74) is 4.94. The van der Waals surface area contributed by atoms with Crippen molar-refractivity contribution in [2.24, 2.45) is 0 Å². The Labute approximate surface area is 179 Å². The normalized spacial score (nSPS) is 10.5. The first-order valence-electron chi connectivity index (χ1n) is 9.27. The van der Waals surface area contributed by atoms with Crippen LogP contribution < -0.4 is 10.1 Å². The first kappa shape index (κ1) is 19.6. The largest absolute Gasteiger partial charge is 0.467 e. The number of rotatable bonds is 5. The third-order valence-corrected chi connectivity index (χ3v) is 4.93. The van der Waals surface area contributed by atoms with Gasteiger partial charge < -0.3 is 10.1 Å². The number of carbonyl (C=O) groups excluding carboxylic acids is 1. The van der Waals surface area contributed by atoms with Crippen LogP contribution in [0.1, 0.15) is 10.4 Å². The molecule has 0 aliphatic carbocycles. The number of hydrogen-bond donors (Lipinski definition) is 1. The molecule has 0 bridgehead atoms. The van der Waals surface area contributed by atoms with E-state index in [2.05, 4.69) is 27.4 Å². The molecule has 5 nitrogen and oxygen atoms in total. The van der Waals surface area contributed by atoms with Crippen LogP contribution in [0.2, 0.25) is 5.02 Å². The van der Waals surface area contributed by atoms with Crippen LogP contribution in [0.4, 0.5) is 5.69 Å². The lowest BCUT2D eigenvalue weighted by atomic mass is 9.99. The monoisotopic (exact) mass is 415 g/mol. The van der Waals surface area contributed by atoms with Crippen molar-refractivity contribution in [2.45, 2.75) is 0 Å². The van der Waals surface area contributed by atoms with Crippen LogP contribution in [0.5, 0.6) is 6.01 Å². The van der Waals surface area contributed by atoms with Gasteiger partial charge in [0.1, 0.15) is 0 Å². The van der Waals surface area contributed by atoms with Gasteiger partial charge in [-0.1, -0.05) is 66.2 Å². The van der Waals surface area contributed by atoms with Gasteiger partial charge in [0.05, 0.1) is 25.2 Å². The average molecular weight is 416 g/mol. The number of halogens is 1. The van der Waals surface area contributed by atoms with E-state index >= 15 is 0 Å². The van der Waals surface area contributed by atoms with Gasteiger partial charge in [-0.05, 0) is 34.9 Å². The van der Waals surface area contributed by atoms with Crippen molar-refractivity contribution in [1.29, 1.82) is 0 Å². The molecule has 0 fully saturated rings. The Balaban J connectivity index is 1.57. The van der Waals surface area contributed by atoms with E-state index in [4.69, 9.17) is 16.3 Å². The summed E-state index contributed by atoms with van der Waals surface area (Å²) in [4.78, 5) is 20.6. The fraction of sp³-hybridized carbons (Fsp3) is 0.0417. The summed E-state index contributed by atoms with van der Waals surface area (Å²) in [7, 11) is 1.48. The Morgan fingerprint density at radius 1 is 0.867 bits per heavy atom. The number of aromatic nitrogens is 2. The Bertz CT molecular complexity index is 1160. The molecule has 3 aromatic carbocycles. The summed E-state index contributed by atoms with van der Waals surface area (Å²) in [5.74, 6) is -0.275. The van der Waals surface area contributed by atoms with Gasteiger partial charge in [-0.15, -0.1) is 0 Å². The highest BCUT2D eigenvalue weighted by Gasteiger charge is 2.12. The Morgan fingerprint density at radius 2 is 1.50 bits per heavy atom. The van der Waals surface area contributed by atoms with Crippen LogP contribution in [-0.4, -0.2) is 23.0 Å². The van der Waals surface area contributed by atoms with Crippen LogP contribution in [0.25, 0.3) is 22.3 Å². The average Bonchev–Trinajstić information content (AvgIpc) is 2.80. The molecule has 4 aromatic rings. The molecule has 0 spiro atoms. The van der Waals surface area contributed by atoms with E-state index in [1.54, 1.807) is 18.2 Å². The van der Waals surface area contributed by atoms with Crippen LogP contribution in [-0.2, 0) is 0 Å². The van der Waals surface area contributed by atoms with E-state index in [0.717, 1.165) is 22.3 Å². The first-order valence-corrected chi connectivity index (χ1v) is 9.64. The fourth-order valence-electron chi connectivity index (χ4n) is 3.05. The lowest BCUT2D eigenvalue weighted by Crippen LogP contribution is -2.12. The van der Waals surface area contributed by atoms with Crippen molar-refractivity contribution in [3.8, 4) is 28.3 Å². The van der Waals surface area contributed by atoms with Gasteiger partial charge in [-0.25, -0.2) is 9.97 Å². The number of ether oxygens (including phenoxy) is 1. The van der Waals surface area contributed by atoms with E-state index in [9.17, 15) is 4.79 Å². The zero-order chi connectivity index (χ0) is 20.9. The second-order valence-corrected chi connectivity index (χ2v) is 6.96. The molecule has 1 aromatic heterocycles. The minimum absolute atomic E-state index is 0.237. The van der Waals surface area contributed by atoms with Gasteiger partial charge in [0.25, 0.3) is 5.91 Å². The molecule has 148 valence electrons. The third-order valence-electron chi connectivity index (χ3n) is 4.60. The Morgan fingerprint density at radius 3 is 2.17 bits per heavy atom. The summed E-state index contributed by atoms with van der Waals surface area (Å²) < 4.78 is 4.92. The molecule has 0 unspecified atom stereocenters. The number of hydrogen-bond acceptors (Lipinski definition) is 4. The summed E-state index contributed by atoms with van der Waals surface area (Å²) in [6.07, 6.45) is 2.98. The van der Waals surface area contributed by atoms with Crippen LogP contribution in [0, 0.1) is 0 Å². The predicted molar refractivity (Wildman–Crippen MR) is 119 cm³/mol. The van der Waals surface area contributed by atoms with Gasteiger partial charge in [0.15, 0.2) is 0 Å². The summed E-state index contributed by atoms with van der Waals surface area (Å²) in [5, 5.41) is 3.35. The Hall–Kier alpha value is -3.70. The number of methoxy groups -OCH3 is 1. The maximum absolute atomic E-state index is 12.7. The first-order chi connectivity index (χ1) is 14.6. The van der Waals surface area contributed by atoms with Crippen molar-refractivity contribution in [2.75, 3.05) is 12.4 Å². The number of carbonyl (C=O) groups is 1. The molecule has 0 saturated heterocycles. The summed E-state index contributed by atoms with van der Waals surface area (Å²) in [6.45, 7) is 0. The predicted octanol–water partition coefficient (Wildman–Crippen LogP) is 5.72. The number of amides is 1. The van der Waals surface area contributed by atoms with E-state index < -0.39 is 0 Å². The van der Waals surface area contributed by atoms with Crippen molar-refractivity contribution >= 4 is 23.2 Å². The van der Waals surface area contributed by atoms with Crippen molar-refractivity contribution in [3.05, 3.63) is 95.8 Å². The third kappa shape index (κ3) is 4.31. The van der Waals surface area contributed by atoms with Crippen molar-refractivity contribution < 1.29 is 9.53 Å². The van der Waals surface area contributed by atoms with Gasteiger partial charge in [0.2, 0.25) is 0 Å². The highest BCUT2D eigenvalue weighted by atomic mass is 35.5. The molecule has 0 atom stereocenters. The molecule has 1 N–H and O–H groups in total. The Kier molecular flexibility index (Phi) is 5.72. The molecule has 0 aliphatic rings. The molecule has 0 saturated carbocycles. The highest BCUT2D eigenvalue weighted by molar-refractivity contribution is 6.33. The minimum atomic E-state index is -0.275. The molecule has 4 rings (SSSR count). The molecule has 1 heterocycles. The molecule has 6 heteroatoms. The topological polar surface area (TPSA) is 64.1 Å². The lowest BCUT2D eigenvalue weighted by molar-refractivity contribution is 0.102. The second kappa shape index (κ2) is 8.76. The molecular weight excluding hydrogens is 398 g/mol. The summed E-state index contributed by atoms with van der Waals surface area (Å²) in [6, 6.07) is 23.7. The number of nitrogens with one attached hydrogen (secondary N) is 1. The number of nitrogens with zero attached hydrogens (tertiary/aromatic N) is 2. The highest BCUT2D eigenvalue weighted by Crippen LogP contribution is 2.31. The smallest absolute Gasteiger partial charge is 0.316 e.